The van der Waals surface area contributed by atoms with Crippen LogP contribution in [0.25, 0.3) is 0 Å². The van der Waals surface area contributed by atoms with Crippen molar-refractivity contribution in [3.63, 3.8) is 0 Å². The van der Waals surface area contributed by atoms with E-state index in [0.717, 1.165) is 43.6 Å². The summed E-state index contributed by atoms with van der Waals surface area (Å²) in [6.07, 6.45) is 13.7. The largest absolute Gasteiger partial charge is 0.348 e. The van der Waals surface area contributed by atoms with Crippen LogP contribution in [-0.2, 0) is 12.8 Å². The van der Waals surface area contributed by atoms with Gasteiger partial charge in [-0.3, -0.25) is 9.97 Å². The minimum atomic E-state index is 0.195. The van der Waals surface area contributed by atoms with Crippen LogP contribution in [0, 0.1) is 0 Å². The summed E-state index contributed by atoms with van der Waals surface area (Å²) in [6.45, 7) is 0.687. The molecule has 3 unspecified atom stereocenters. The smallest absolute Gasteiger partial charge is 0.111 e. The maximum Gasteiger partial charge on any atom is 0.111 e. The quantitative estimate of drug-likeness (QED) is 0.521. The standard InChI is InChI=1S/C23H30N6/c24-11-4-10-20(29-21-9-3-6-17-7-5-13-26-22(17)21)19(23-27-14-15-28-23)16-18-8-1-2-12-25-18/h1-2,5,7-8,12-15,19-21,29H,3-4,6,9-11,16,24H2,(H,27,28). The topological polar surface area (TPSA) is 92.5 Å². The van der Waals surface area contributed by atoms with Gasteiger partial charge in [-0.15, -0.1) is 0 Å². The molecule has 0 fully saturated rings. The summed E-state index contributed by atoms with van der Waals surface area (Å²) in [5, 5.41) is 3.95. The van der Waals surface area contributed by atoms with Crippen molar-refractivity contribution < 1.29 is 0 Å². The van der Waals surface area contributed by atoms with E-state index in [1.54, 1.807) is 0 Å². The number of hydrogen-bond donors (Lipinski definition) is 3. The van der Waals surface area contributed by atoms with Gasteiger partial charge < -0.3 is 16.0 Å². The monoisotopic (exact) mass is 390 g/mol. The van der Waals surface area contributed by atoms with Crippen LogP contribution in [0.4, 0.5) is 0 Å². The zero-order valence-corrected chi connectivity index (χ0v) is 16.8. The van der Waals surface area contributed by atoms with E-state index in [2.05, 4.69) is 32.4 Å². The lowest BCUT2D eigenvalue weighted by Gasteiger charge is -2.33. The van der Waals surface area contributed by atoms with Gasteiger partial charge in [0.2, 0.25) is 0 Å². The fourth-order valence-corrected chi connectivity index (χ4v) is 4.42. The minimum absolute atomic E-state index is 0.195. The van der Waals surface area contributed by atoms with Crippen LogP contribution >= 0.6 is 0 Å². The van der Waals surface area contributed by atoms with Gasteiger partial charge in [-0.1, -0.05) is 12.1 Å². The molecule has 0 aliphatic heterocycles. The van der Waals surface area contributed by atoms with E-state index in [9.17, 15) is 0 Å². The molecule has 0 radical (unpaired) electrons. The molecule has 6 nitrogen and oxygen atoms in total. The van der Waals surface area contributed by atoms with Crippen molar-refractivity contribution in [2.24, 2.45) is 5.73 Å². The van der Waals surface area contributed by atoms with E-state index in [4.69, 9.17) is 10.7 Å². The van der Waals surface area contributed by atoms with Gasteiger partial charge in [0, 0.05) is 54.9 Å². The first-order valence-electron chi connectivity index (χ1n) is 10.6. The van der Waals surface area contributed by atoms with Crippen molar-refractivity contribution in [2.45, 2.75) is 56.5 Å². The summed E-state index contributed by atoms with van der Waals surface area (Å²) in [4.78, 5) is 17.2. The fourth-order valence-electron chi connectivity index (χ4n) is 4.42. The molecule has 152 valence electrons. The normalized spacial score (nSPS) is 18.2. The zero-order chi connectivity index (χ0) is 19.9. The molecule has 6 heteroatoms. The van der Waals surface area contributed by atoms with E-state index < -0.39 is 0 Å². The first-order chi connectivity index (χ1) is 14.3. The summed E-state index contributed by atoms with van der Waals surface area (Å²) < 4.78 is 0. The lowest BCUT2D eigenvalue weighted by Crippen LogP contribution is -2.41. The van der Waals surface area contributed by atoms with Crippen molar-refractivity contribution in [1.29, 1.82) is 0 Å². The molecule has 4 rings (SSSR count). The van der Waals surface area contributed by atoms with Gasteiger partial charge in [0.25, 0.3) is 0 Å². The average Bonchev–Trinajstić information content (AvgIpc) is 3.31. The molecule has 0 bridgehead atoms. The first kappa shape index (κ1) is 19.7. The van der Waals surface area contributed by atoms with Gasteiger partial charge in [-0.2, -0.15) is 0 Å². The molecule has 1 aliphatic carbocycles. The van der Waals surface area contributed by atoms with Crippen LogP contribution in [0.5, 0.6) is 0 Å². The van der Waals surface area contributed by atoms with Gasteiger partial charge in [0.1, 0.15) is 5.82 Å². The Balaban J connectivity index is 1.61. The van der Waals surface area contributed by atoms with E-state index in [-0.39, 0.29) is 18.0 Å². The second-order valence-corrected chi connectivity index (χ2v) is 7.80. The Kier molecular flexibility index (Phi) is 6.64. The molecule has 0 saturated heterocycles. The lowest BCUT2D eigenvalue weighted by atomic mass is 9.86. The Hall–Kier alpha value is -2.57. The van der Waals surface area contributed by atoms with Crippen LogP contribution in [0.15, 0.2) is 55.1 Å². The first-order valence-corrected chi connectivity index (χ1v) is 10.6. The number of aryl methyl sites for hydroxylation is 1. The van der Waals surface area contributed by atoms with E-state index in [0.29, 0.717) is 6.54 Å². The molecular weight excluding hydrogens is 360 g/mol. The van der Waals surface area contributed by atoms with Gasteiger partial charge in [0.15, 0.2) is 0 Å². The predicted octanol–water partition coefficient (Wildman–Crippen LogP) is 3.30. The zero-order valence-electron chi connectivity index (χ0n) is 16.8. The summed E-state index contributed by atoms with van der Waals surface area (Å²) in [7, 11) is 0. The Morgan fingerprint density at radius 3 is 2.83 bits per heavy atom. The van der Waals surface area contributed by atoms with Crippen LogP contribution in [0.1, 0.15) is 60.4 Å². The highest BCUT2D eigenvalue weighted by Gasteiger charge is 2.30. The third-order valence-electron chi connectivity index (χ3n) is 5.84. The number of nitrogens with two attached hydrogens (primary N) is 1. The Labute approximate surface area is 172 Å². The summed E-state index contributed by atoms with van der Waals surface area (Å²) >= 11 is 0. The van der Waals surface area contributed by atoms with Crippen molar-refractivity contribution in [1.82, 2.24) is 25.3 Å². The molecule has 3 aromatic rings. The molecule has 29 heavy (non-hydrogen) atoms. The number of rotatable bonds is 9. The number of hydrogen-bond acceptors (Lipinski definition) is 5. The average molecular weight is 391 g/mol. The lowest BCUT2D eigenvalue weighted by molar-refractivity contribution is 0.322. The van der Waals surface area contributed by atoms with Crippen molar-refractivity contribution in [3.8, 4) is 0 Å². The number of aromatic nitrogens is 4. The van der Waals surface area contributed by atoms with Crippen molar-refractivity contribution in [2.75, 3.05) is 6.54 Å². The highest BCUT2D eigenvalue weighted by molar-refractivity contribution is 5.26. The number of nitrogens with zero attached hydrogens (tertiary/aromatic N) is 3. The molecule has 3 aromatic heterocycles. The van der Waals surface area contributed by atoms with Gasteiger partial charge >= 0.3 is 0 Å². The fraction of sp³-hybridized carbons (Fsp3) is 0.435. The number of H-pyrrole nitrogens is 1. The number of pyridine rings is 2. The van der Waals surface area contributed by atoms with Crippen LogP contribution < -0.4 is 11.1 Å². The number of aromatic amines is 1. The Morgan fingerprint density at radius 1 is 1.10 bits per heavy atom. The van der Waals surface area contributed by atoms with Crippen LogP contribution in [0.2, 0.25) is 0 Å². The van der Waals surface area contributed by atoms with Gasteiger partial charge in [-0.25, -0.2) is 4.98 Å². The molecule has 3 heterocycles. The molecule has 1 aliphatic rings. The third-order valence-corrected chi connectivity index (χ3v) is 5.84. The number of nitrogens with one attached hydrogen (secondary N) is 2. The molecule has 0 aromatic carbocycles. The number of fused-ring (bicyclic) bond motifs is 1. The Morgan fingerprint density at radius 2 is 2.03 bits per heavy atom. The number of imidazole rings is 1. The minimum Gasteiger partial charge on any atom is -0.348 e. The SMILES string of the molecule is NCCCC(NC1CCCc2cccnc21)C(Cc1ccccn1)c1ncc[nH]1. The van der Waals surface area contributed by atoms with Crippen molar-refractivity contribution in [3.05, 3.63) is 77.9 Å². The van der Waals surface area contributed by atoms with Crippen LogP contribution in [0.3, 0.4) is 0 Å². The predicted molar refractivity (Wildman–Crippen MR) is 114 cm³/mol. The maximum atomic E-state index is 5.88. The molecular formula is C23H30N6. The highest BCUT2D eigenvalue weighted by atomic mass is 15.0. The van der Waals surface area contributed by atoms with E-state index in [1.807, 2.05) is 43.0 Å². The van der Waals surface area contributed by atoms with Gasteiger partial charge in [0.05, 0.1) is 5.69 Å². The summed E-state index contributed by atoms with van der Waals surface area (Å²) in [5.41, 5.74) is 9.53. The summed E-state index contributed by atoms with van der Waals surface area (Å²) in [5.74, 6) is 1.20. The molecule has 0 saturated carbocycles. The van der Waals surface area contributed by atoms with Gasteiger partial charge in [-0.05, 0) is 62.4 Å². The Bertz CT molecular complexity index is 864. The van der Waals surface area contributed by atoms with E-state index in [1.165, 1.54) is 17.7 Å². The summed E-state index contributed by atoms with van der Waals surface area (Å²) in [6, 6.07) is 10.9. The molecule has 0 amide bonds. The maximum absolute atomic E-state index is 5.88. The van der Waals surface area contributed by atoms with Crippen LogP contribution in [-0.4, -0.2) is 32.5 Å². The van der Waals surface area contributed by atoms with E-state index >= 15 is 0 Å². The second-order valence-electron chi connectivity index (χ2n) is 7.80. The second kappa shape index (κ2) is 9.76. The highest BCUT2D eigenvalue weighted by Crippen LogP contribution is 2.32. The molecule has 4 N–H and O–H groups in total. The third kappa shape index (κ3) is 4.89. The molecule has 0 spiro atoms. The molecule has 3 atom stereocenters. The van der Waals surface area contributed by atoms with Crippen molar-refractivity contribution >= 4 is 0 Å².